The first-order chi connectivity index (χ1) is 17.7. The molecule has 2 heterocycles. The Balaban J connectivity index is 1.25. The molecule has 0 saturated carbocycles. The van der Waals surface area contributed by atoms with Gasteiger partial charge in [-0.25, -0.2) is 0 Å². The molecule has 12 heteroatoms. The molecule has 0 unspecified atom stereocenters. The topological polar surface area (TPSA) is 148 Å². The molecule has 37 heavy (non-hydrogen) atoms. The summed E-state index contributed by atoms with van der Waals surface area (Å²) in [5, 5.41) is 37.3. The van der Waals surface area contributed by atoms with Gasteiger partial charge in [-0.15, -0.1) is 11.8 Å². The average molecular weight is 597 g/mol. The number of nitrogens with zero attached hydrogens (tertiary/aromatic N) is 1. The van der Waals surface area contributed by atoms with Gasteiger partial charge in [-0.3, -0.25) is 19.3 Å². The summed E-state index contributed by atoms with van der Waals surface area (Å²) >= 11 is 4.86. The highest BCUT2D eigenvalue weighted by Gasteiger charge is 2.44. The Morgan fingerprint density at radius 2 is 1.84 bits per heavy atom. The van der Waals surface area contributed by atoms with Crippen molar-refractivity contribution < 1.29 is 34.4 Å². The number of halogens is 1. The predicted molar refractivity (Wildman–Crippen MR) is 142 cm³/mol. The number of thioether (sulfide) groups is 1. The fraction of sp³-hybridized carbons (Fsp3) is 0.480. The molecule has 10 nitrogen and oxygen atoms in total. The van der Waals surface area contributed by atoms with Crippen LogP contribution in [0.4, 0.5) is 0 Å². The lowest BCUT2D eigenvalue weighted by Crippen LogP contribution is -2.63. The van der Waals surface area contributed by atoms with Crippen LogP contribution < -0.4 is 10.6 Å². The van der Waals surface area contributed by atoms with Gasteiger partial charge in [0.05, 0.1) is 12.6 Å². The monoisotopic (exact) mass is 595 g/mol. The molecule has 2 aliphatic rings. The Bertz CT molecular complexity index is 1160. The number of nitrogens with one attached hydrogen (secondary N) is 2. The second-order valence-corrected chi connectivity index (χ2v) is 11.1. The number of aliphatic hydroxyl groups excluding tert-OH is 3. The van der Waals surface area contributed by atoms with E-state index < -0.39 is 36.4 Å². The zero-order chi connectivity index (χ0) is 26.7. The summed E-state index contributed by atoms with van der Waals surface area (Å²) < 4.78 is 6.54. The van der Waals surface area contributed by atoms with Crippen LogP contribution in [0.1, 0.15) is 34.1 Å². The van der Waals surface area contributed by atoms with Crippen LogP contribution in [-0.2, 0) is 9.53 Å². The summed E-state index contributed by atoms with van der Waals surface area (Å²) in [6.07, 6.45) is -2.80. The average Bonchev–Trinajstić information content (AvgIpc) is 2.88. The standard InChI is InChI=1S/C25H30BrN3O7S/c1-13(31)28-20-22(33)21(32)18(12-30)36-25(20)37-11-3-8-27-9-10-29-23(34)15-5-2-4-14-17(26)7-6-16(19(14)15)24(29)35/h2,4-7,18,20-22,25,27,30,32-33H,3,8-12H2,1H3,(H,28,31)/t18-,20-,21-,22-,25+/m1/s1. The van der Waals surface area contributed by atoms with Crippen LogP contribution in [0.15, 0.2) is 34.8 Å². The Hall–Kier alpha value is -2.06. The largest absolute Gasteiger partial charge is 0.394 e. The lowest BCUT2D eigenvalue weighted by molar-refractivity contribution is -0.173. The summed E-state index contributed by atoms with van der Waals surface area (Å²) in [4.78, 5) is 38.9. The minimum absolute atomic E-state index is 0.231. The molecule has 0 radical (unpaired) electrons. The second kappa shape index (κ2) is 12.2. The quantitative estimate of drug-likeness (QED) is 0.199. The highest BCUT2D eigenvalue weighted by atomic mass is 79.9. The number of aliphatic hydroxyl groups is 3. The second-order valence-electron chi connectivity index (χ2n) is 8.99. The number of benzene rings is 2. The number of carbonyl (C=O) groups excluding carboxylic acids is 3. The fourth-order valence-electron chi connectivity index (χ4n) is 4.64. The van der Waals surface area contributed by atoms with E-state index in [9.17, 15) is 29.7 Å². The molecule has 1 fully saturated rings. The van der Waals surface area contributed by atoms with Gasteiger partial charge in [0.15, 0.2) is 0 Å². The van der Waals surface area contributed by atoms with Gasteiger partial charge >= 0.3 is 0 Å². The SMILES string of the molecule is CC(=O)N[C@@H]1[C@@H](O)[C@H](O)[C@@H](CO)O[C@H]1SCCCNCCN1C(=O)c2cccc3c(Br)ccc(c23)C1=O. The Labute approximate surface area is 226 Å². The molecule has 3 amide bonds. The summed E-state index contributed by atoms with van der Waals surface area (Å²) in [6.45, 7) is 2.13. The number of rotatable bonds is 10. The number of ether oxygens (including phenoxy) is 1. The van der Waals surface area contributed by atoms with Crippen LogP contribution in [0.25, 0.3) is 10.8 Å². The number of carbonyl (C=O) groups is 3. The van der Waals surface area contributed by atoms with Crippen LogP contribution in [0.5, 0.6) is 0 Å². The third-order valence-electron chi connectivity index (χ3n) is 6.48. The third-order valence-corrected chi connectivity index (χ3v) is 8.43. The van der Waals surface area contributed by atoms with Crippen molar-refractivity contribution in [1.29, 1.82) is 0 Å². The molecule has 0 aliphatic carbocycles. The van der Waals surface area contributed by atoms with E-state index in [4.69, 9.17) is 4.74 Å². The smallest absolute Gasteiger partial charge is 0.261 e. The molecule has 0 spiro atoms. The Kier molecular flexibility index (Phi) is 9.22. The van der Waals surface area contributed by atoms with Crippen molar-refractivity contribution in [2.24, 2.45) is 0 Å². The van der Waals surface area contributed by atoms with E-state index in [1.807, 2.05) is 18.2 Å². The van der Waals surface area contributed by atoms with E-state index in [0.29, 0.717) is 41.8 Å². The van der Waals surface area contributed by atoms with Crippen molar-refractivity contribution >= 4 is 56.2 Å². The first-order valence-corrected chi connectivity index (χ1v) is 13.9. The van der Waals surface area contributed by atoms with Crippen molar-refractivity contribution in [2.45, 2.75) is 43.1 Å². The maximum absolute atomic E-state index is 13.0. The molecular formula is C25H30BrN3O7S. The van der Waals surface area contributed by atoms with E-state index in [-0.39, 0.29) is 24.3 Å². The highest BCUT2D eigenvalue weighted by Crippen LogP contribution is 2.34. The number of imide groups is 1. The molecular weight excluding hydrogens is 566 g/mol. The van der Waals surface area contributed by atoms with Gasteiger partial charge in [-0.2, -0.15) is 0 Å². The molecule has 0 bridgehead atoms. The summed E-state index contributed by atoms with van der Waals surface area (Å²) in [5.41, 5.74) is 0.393. The first kappa shape index (κ1) is 28.0. The fourth-order valence-corrected chi connectivity index (χ4v) is 6.30. The van der Waals surface area contributed by atoms with Crippen molar-refractivity contribution in [3.8, 4) is 0 Å². The Morgan fingerprint density at radius 1 is 1.11 bits per heavy atom. The van der Waals surface area contributed by atoms with Gasteiger partial charge in [0, 0.05) is 41.0 Å². The van der Waals surface area contributed by atoms with Crippen molar-refractivity contribution in [3.63, 3.8) is 0 Å². The van der Waals surface area contributed by atoms with Crippen LogP contribution in [-0.4, -0.2) is 99.7 Å². The molecule has 2 aromatic carbocycles. The number of hydrogen-bond acceptors (Lipinski definition) is 9. The summed E-state index contributed by atoms with van der Waals surface area (Å²) in [7, 11) is 0. The van der Waals surface area contributed by atoms with Crippen molar-refractivity contribution in [3.05, 3.63) is 45.9 Å². The number of hydrogen-bond donors (Lipinski definition) is 5. The van der Waals surface area contributed by atoms with E-state index in [2.05, 4.69) is 26.6 Å². The Morgan fingerprint density at radius 3 is 2.54 bits per heavy atom. The number of amides is 3. The molecule has 0 aromatic heterocycles. The lowest BCUT2D eigenvalue weighted by atomic mass is 9.94. The van der Waals surface area contributed by atoms with Crippen molar-refractivity contribution in [1.82, 2.24) is 15.5 Å². The normalized spacial score (nSPS) is 25.5. The molecule has 1 saturated heterocycles. The van der Waals surface area contributed by atoms with Crippen molar-refractivity contribution in [2.75, 3.05) is 32.0 Å². The predicted octanol–water partition coefficient (Wildman–Crippen LogP) is 0.855. The van der Waals surface area contributed by atoms with Gasteiger partial charge in [0.25, 0.3) is 11.8 Å². The molecule has 5 N–H and O–H groups in total. The van der Waals surface area contributed by atoms with E-state index in [1.54, 1.807) is 12.1 Å². The van der Waals surface area contributed by atoms with E-state index in [0.717, 1.165) is 9.86 Å². The minimum Gasteiger partial charge on any atom is -0.394 e. The van der Waals surface area contributed by atoms with Crippen LogP contribution in [0, 0.1) is 0 Å². The van der Waals surface area contributed by atoms with Gasteiger partial charge in [0.2, 0.25) is 5.91 Å². The maximum atomic E-state index is 13.0. The van der Waals surface area contributed by atoms with Crippen LogP contribution in [0.2, 0.25) is 0 Å². The zero-order valence-electron chi connectivity index (χ0n) is 20.2. The van der Waals surface area contributed by atoms with Gasteiger partial charge in [-0.1, -0.05) is 28.1 Å². The highest BCUT2D eigenvalue weighted by molar-refractivity contribution is 9.10. The molecule has 4 rings (SSSR count). The molecule has 5 atom stereocenters. The van der Waals surface area contributed by atoms with Crippen LogP contribution >= 0.6 is 27.7 Å². The van der Waals surface area contributed by atoms with Gasteiger partial charge in [0.1, 0.15) is 23.7 Å². The van der Waals surface area contributed by atoms with Crippen LogP contribution in [0.3, 0.4) is 0 Å². The van der Waals surface area contributed by atoms with Gasteiger partial charge in [-0.05, 0) is 42.3 Å². The zero-order valence-corrected chi connectivity index (χ0v) is 22.6. The summed E-state index contributed by atoms with van der Waals surface area (Å²) in [6, 6.07) is 8.18. The first-order valence-electron chi connectivity index (χ1n) is 12.0. The molecule has 2 aromatic rings. The third kappa shape index (κ3) is 5.85. The van der Waals surface area contributed by atoms with E-state index >= 15 is 0 Å². The van der Waals surface area contributed by atoms with E-state index in [1.165, 1.54) is 23.6 Å². The summed E-state index contributed by atoms with van der Waals surface area (Å²) in [5.74, 6) is -0.365. The maximum Gasteiger partial charge on any atom is 0.261 e. The molecule has 200 valence electrons. The van der Waals surface area contributed by atoms with Gasteiger partial charge < -0.3 is 30.7 Å². The minimum atomic E-state index is -1.30. The lowest BCUT2D eigenvalue weighted by Gasteiger charge is -2.42. The molecule has 2 aliphatic heterocycles.